The first kappa shape index (κ1) is 16.4. The largest absolute Gasteiger partial charge is 0.198 e. The maximum atomic E-state index is 8.49. The van der Waals surface area contributed by atoms with Gasteiger partial charge in [0.05, 0.1) is 18.6 Å². The van der Waals surface area contributed by atoms with E-state index in [-0.39, 0.29) is 4.83 Å². The molecule has 0 fully saturated rings. The predicted octanol–water partition coefficient (Wildman–Crippen LogP) is 5.16. The van der Waals surface area contributed by atoms with Crippen LogP contribution in [0, 0.1) is 22.7 Å². The van der Waals surface area contributed by atoms with Gasteiger partial charge in [-0.05, 0) is 23.3 Å². The molecule has 2 nitrogen and oxygen atoms in total. The van der Waals surface area contributed by atoms with E-state index in [4.69, 9.17) is 10.5 Å². The number of nitrogens with zero attached hydrogens (tertiary/aromatic N) is 2. The number of hydrogen-bond donors (Lipinski definition) is 0. The molecule has 1 unspecified atom stereocenters. The van der Waals surface area contributed by atoms with Gasteiger partial charge in [0.2, 0.25) is 0 Å². The first-order chi connectivity index (χ1) is 9.67. The molecular formula is C16H12Br2N2. The number of benzene rings is 2. The Morgan fingerprint density at radius 1 is 1.00 bits per heavy atom. The maximum absolute atomic E-state index is 8.49. The van der Waals surface area contributed by atoms with Crippen molar-refractivity contribution in [2.24, 2.45) is 0 Å². The summed E-state index contributed by atoms with van der Waals surface area (Å²) >= 11 is 6.55. The van der Waals surface area contributed by atoms with Gasteiger partial charge in [-0.15, -0.1) is 0 Å². The molecule has 0 amide bonds. The van der Waals surface area contributed by atoms with Gasteiger partial charge in [-0.25, -0.2) is 0 Å². The first-order valence-electron chi connectivity index (χ1n) is 5.87. The summed E-state index contributed by atoms with van der Waals surface area (Å²) in [5.41, 5.74) is 2.06. The lowest BCUT2D eigenvalue weighted by Crippen LogP contribution is -1.82. The normalized spacial score (nSPS) is 10.4. The molecule has 0 N–H and O–H groups in total. The van der Waals surface area contributed by atoms with Gasteiger partial charge in [0.1, 0.15) is 4.83 Å². The molecular weight excluding hydrogens is 380 g/mol. The van der Waals surface area contributed by atoms with E-state index in [1.54, 1.807) is 0 Å². The smallest absolute Gasteiger partial charge is 0.126 e. The summed E-state index contributed by atoms with van der Waals surface area (Å²) in [4.78, 5) is -0.173. The van der Waals surface area contributed by atoms with Crippen molar-refractivity contribution in [1.82, 2.24) is 0 Å². The quantitative estimate of drug-likeness (QED) is 0.663. The molecule has 0 spiro atoms. The van der Waals surface area contributed by atoms with Gasteiger partial charge in [-0.1, -0.05) is 74.3 Å². The Morgan fingerprint density at radius 2 is 1.70 bits per heavy atom. The molecule has 0 saturated heterocycles. The van der Waals surface area contributed by atoms with Crippen molar-refractivity contribution in [2.45, 2.75) is 11.2 Å². The summed E-state index contributed by atoms with van der Waals surface area (Å²) in [5.74, 6) is 0. The van der Waals surface area contributed by atoms with Crippen molar-refractivity contribution >= 4 is 31.9 Å². The number of halogens is 2. The monoisotopic (exact) mass is 390 g/mol. The van der Waals surface area contributed by atoms with E-state index in [1.165, 1.54) is 0 Å². The minimum absolute atomic E-state index is 0.173. The third kappa shape index (κ3) is 6.02. The Morgan fingerprint density at radius 3 is 2.25 bits per heavy atom. The lowest BCUT2D eigenvalue weighted by molar-refractivity contribution is 1.25. The van der Waals surface area contributed by atoms with Crippen molar-refractivity contribution in [3.8, 4) is 12.1 Å². The zero-order valence-corrected chi connectivity index (χ0v) is 13.8. The third-order valence-corrected chi connectivity index (χ3v) is 3.60. The fourth-order valence-corrected chi connectivity index (χ4v) is 2.19. The summed E-state index contributed by atoms with van der Waals surface area (Å²) in [6, 6.07) is 21.6. The zero-order valence-electron chi connectivity index (χ0n) is 10.6. The Hall–Kier alpha value is -1.62. The average Bonchev–Trinajstić information content (AvgIpc) is 2.48. The van der Waals surface area contributed by atoms with Crippen LogP contribution >= 0.6 is 31.9 Å². The van der Waals surface area contributed by atoms with Gasteiger partial charge in [-0.2, -0.15) is 10.5 Å². The van der Waals surface area contributed by atoms with Gasteiger partial charge < -0.3 is 0 Å². The van der Waals surface area contributed by atoms with Crippen LogP contribution in [0.15, 0.2) is 59.1 Å². The number of hydrogen-bond acceptors (Lipinski definition) is 2. The predicted molar refractivity (Wildman–Crippen MR) is 87.2 cm³/mol. The highest BCUT2D eigenvalue weighted by Crippen LogP contribution is 2.20. The summed E-state index contributed by atoms with van der Waals surface area (Å²) in [6.07, 6.45) is 0.486. The van der Waals surface area contributed by atoms with Crippen LogP contribution in [-0.2, 0) is 6.42 Å². The lowest BCUT2D eigenvalue weighted by atomic mass is 10.2. The second-order valence-electron chi connectivity index (χ2n) is 3.87. The zero-order chi connectivity index (χ0) is 14.8. The summed E-state index contributed by atoms with van der Waals surface area (Å²) in [6.45, 7) is 0. The van der Waals surface area contributed by atoms with Crippen LogP contribution in [0.3, 0.4) is 0 Å². The van der Waals surface area contributed by atoms with E-state index in [0.717, 1.165) is 15.6 Å². The topological polar surface area (TPSA) is 47.6 Å². The highest BCUT2D eigenvalue weighted by molar-refractivity contribution is 9.10. The minimum atomic E-state index is -0.173. The molecule has 0 bridgehead atoms. The third-order valence-electron chi connectivity index (χ3n) is 2.38. The van der Waals surface area contributed by atoms with Crippen molar-refractivity contribution in [3.05, 3.63) is 70.2 Å². The highest BCUT2D eigenvalue weighted by Gasteiger charge is 2.01. The lowest BCUT2D eigenvalue weighted by Gasteiger charge is -1.97. The average molecular weight is 392 g/mol. The molecule has 2 aromatic rings. The molecule has 0 aromatic heterocycles. The van der Waals surface area contributed by atoms with Crippen molar-refractivity contribution in [1.29, 1.82) is 10.5 Å². The van der Waals surface area contributed by atoms with Gasteiger partial charge in [0.25, 0.3) is 0 Å². The van der Waals surface area contributed by atoms with Gasteiger partial charge in [0.15, 0.2) is 0 Å². The van der Waals surface area contributed by atoms with E-state index in [0.29, 0.717) is 6.42 Å². The molecule has 0 aliphatic rings. The molecule has 0 saturated carbocycles. The Kier molecular flexibility index (Phi) is 7.65. The molecule has 2 rings (SSSR count). The van der Waals surface area contributed by atoms with Gasteiger partial charge in [-0.3, -0.25) is 0 Å². The first-order valence-corrected chi connectivity index (χ1v) is 7.58. The van der Waals surface area contributed by atoms with E-state index < -0.39 is 0 Å². The molecule has 0 radical (unpaired) electrons. The molecule has 100 valence electrons. The van der Waals surface area contributed by atoms with Crippen LogP contribution in [0.5, 0.6) is 0 Å². The molecule has 1 atom stereocenters. The second-order valence-corrected chi connectivity index (χ2v) is 5.70. The van der Waals surface area contributed by atoms with Crippen LogP contribution < -0.4 is 0 Å². The van der Waals surface area contributed by atoms with Crippen LogP contribution in [-0.4, -0.2) is 0 Å². The van der Waals surface area contributed by atoms with E-state index >= 15 is 0 Å². The fraction of sp³-hybridized carbons (Fsp3) is 0.125. The summed E-state index contributed by atoms with van der Waals surface area (Å²) < 4.78 is 1.03. The maximum Gasteiger partial charge on any atom is 0.126 e. The molecule has 0 aliphatic carbocycles. The number of nitriles is 2. The van der Waals surface area contributed by atoms with Crippen LogP contribution in [0.4, 0.5) is 0 Å². The molecule has 4 heteroatoms. The standard InChI is InChI=1S/2C8H6BrN/c9-8-3-1-2-7(6-8)4-5-10;9-8(6-10)7-4-2-1-3-5-7/h1-3,6H,4H2;1-5,8H. The summed E-state index contributed by atoms with van der Waals surface area (Å²) in [5, 5.41) is 16.8. The minimum Gasteiger partial charge on any atom is -0.198 e. The van der Waals surface area contributed by atoms with Crippen LogP contribution in [0.25, 0.3) is 0 Å². The van der Waals surface area contributed by atoms with Gasteiger partial charge >= 0.3 is 0 Å². The number of rotatable bonds is 2. The fourth-order valence-electron chi connectivity index (χ4n) is 1.43. The van der Waals surface area contributed by atoms with E-state index in [9.17, 15) is 0 Å². The Labute approximate surface area is 135 Å². The van der Waals surface area contributed by atoms with E-state index in [1.807, 2.05) is 54.6 Å². The van der Waals surface area contributed by atoms with E-state index in [2.05, 4.69) is 44.0 Å². The Bertz CT molecular complexity index is 612. The SMILES string of the molecule is N#CC(Br)c1ccccc1.N#CCc1cccc(Br)c1. The highest BCUT2D eigenvalue weighted by atomic mass is 79.9. The van der Waals surface area contributed by atoms with Crippen LogP contribution in [0.1, 0.15) is 16.0 Å². The van der Waals surface area contributed by atoms with Crippen molar-refractivity contribution < 1.29 is 0 Å². The summed E-state index contributed by atoms with van der Waals surface area (Å²) in [7, 11) is 0. The molecule has 2 aromatic carbocycles. The van der Waals surface area contributed by atoms with Crippen LogP contribution in [0.2, 0.25) is 0 Å². The van der Waals surface area contributed by atoms with Gasteiger partial charge in [0, 0.05) is 4.47 Å². The molecule has 0 heterocycles. The molecule has 20 heavy (non-hydrogen) atoms. The Balaban J connectivity index is 0.000000200. The second kappa shape index (κ2) is 9.31. The van der Waals surface area contributed by atoms with Crippen molar-refractivity contribution in [3.63, 3.8) is 0 Å². The molecule has 0 aliphatic heterocycles. The van der Waals surface area contributed by atoms with Crippen molar-refractivity contribution in [2.75, 3.05) is 0 Å². The number of alkyl halides is 1.